The van der Waals surface area contributed by atoms with Gasteiger partial charge in [-0.25, -0.2) is 9.67 Å². The van der Waals surface area contributed by atoms with Crippen LogP contribution in [0.2, 0.25) is 0 Å². The van der Waals surface area contributed by atoms with Crippen molar-refractivity contribution in [1.29, 1.82) is 0 Å². The molecule has 2 aromatic heterocycles. The van der Waals surface area contributed by atoms with Crippen LogP contribution < -0.4 is 10.2 Å². The Hall–Kier alpha value is -3.14. The third-order valence-electron chi connectivity index (χ3n) is 5.92. The van der Waals surface area contributed by atoms with E-state index in [4.69, 9.17) is 0 Å². The number of nitrogens with one attached hydrogen (secondary N) is 1. The number of fused-ring (bicyclic) bond motifs is 1. The number of carbonyl (C=O) groups excluding carboxylic acids is 1. The molecule has 4 rings (SSSR count). The molecule has 0 unspecified atom stereocenters. The fourth-order valence-electron chi connectivity index (χ4n) is 4.00. The summed E-state index contributed by atoms with van der Waals surface area (Å²) in [5.41, 5.74) is 0.613. The number of halogens is 3. The van der Waals surface area contributed by atoms with E-state index in [1.165, 1.54) is 6.07 Å². The highest BCUT2D eigenvalue weighted by Crippen LogP contribution is 2.38. The summed E-state index contributed by atoms with van der Waals surface area (Å²) in [6.45, 7) is 8.45. The number of anilines is 2. The first-order valence-electron chi connectivity index (χ1n) is 10.9. The highest BCUT2D eigenvalue weighted by molar-refractivity contribution is 6.07. The maximum atomic E-state index is 13.9. The van der Waals surface area contributed by atoms with Gasteiger partial charge in [-0.3, -0.25) is 4.79 Å². The van der Waals surface area contributed by atoms with Gasteiger partial charge in [0.25, 0.3) is 5.91 Å². The van der Waals surface area contributed by atoms with E-state index in [0.29, 0.717) is 35.5 Å². The first-order chi connectivity index (χ1) is 15.5. The van der Waals surface area contributed by atoms with Crippen molar-refractivity contribution in [2.75, 3.05) is 43.4 Å². The highest BCUT2D eigenvalue weighted by atomic mass is 19.4. The maximum absolute atomic E-state index is 13.9. The fraction of sp³-hybridized carbons (Fsp3) is 0.435. The Morgan fingerprint density at radius 3 is 2.45 bits per heavy atom. The third kappa shape index (κ3) is 4.66. The zero-order valence-electron chi connectivity index (χ0n) is 19.1. The Morgan fingerprint density at radius 2 is 1.82 bits per heavy atom. The van der Waals surface area contributed by atoms with Crippen molar-refractivity contribution in [2.45, 2.75) is 33.0 Å². The van der Waals surface area contributed by atoms with Crippen LogP contribution in [0.15, 0.2) is 30.5 Å². The smallest absolute Gasteiger partial charge is 0.369 e. The minimum Gasteiger partial charge on any atom is -0.369 e. The zero-order valence-corrected chi connectivity index (χ0v) is 19.1. The molecule has 1 saturated heterocycles. The molecule has 1 fully saturated rings. The average molecular weight is 461 g/mol. The van der Waals surface area contributed by atoms with E-state index in [-0.39, 0.29) is 17.3 Å². The summed E-state index contributed by atoms with van der Waals surface area (Å²) in [5.74, 6) is -0.642. The molecular formula is C23H27F3N6O. The lowest BCUT2D eigenvalue weighted by Gasteiger charge is -2.34. The van der Waals surface area contributed by atoms with Gasteiger partial charge in [-0.15, -0.1) is 0 Å². The molecule has 0 saturated carbocycles. The van der Waals surface area contributed by atoms with E-state index in [1.54, 1.807) is 29.9 Å². The van der Waals surface area contributed by atoms with E-state index in [9.17, 15) is 18.0 Å². The number of piperazine rings is 1. The standard InChI is InChI=1S/C23H27F3N6O/c1-14(2)32-21-16(13-27-32)11-18(15(3)28-21)22(33)29-20-6-5-17(12-19(20)23(24,25)26)31-9-7-30(4)8-10-31/h5-6,11-14H,7-10H2,1-4H3,(H,29,33). The molecule has 1 amide bonds. The molecule has 1 aromatic carbocycles. The molecule has 0 atom stereocenters. The second-order valence-corrected chi connectivity index (χ2v) is 8.69. The average Bonchev–Trinajstić information content (AvgIpc) is 3.16. The molecule has 0 radical (unpaired) electrons. The lowest BCUT2D eigenvalue weighted by atomic mass is 10.1. The van der Waals surface area contributed by atoms with Crippen molar-refractivity contribution in [1.82, 2.24) is 19.7 Å². The normalized spacial score (nSPS) is 15.5. The number of aromatic nitrogens is 3. The lowest BCUT2D eigenvalue weighted by molar-refractivity contribution is -0.136. The predicted octanol–water partition coefficient (Wildman–Crippen LogP) is 4.34. The van der Waals surface area contributed by atoms with E-state index in [1.807, 2.05) is 25.8 Å². The van der Waals surface area contributed by atoms with Gasteiger partial charge < -0.3 is 15.1 Å². The summed E-state index contributed by atoms with van der Waals surface area (Å²) in [5, 5.41) is 7.40. The molecule has 7 nitrogen and oxygen atoms in total. The number of amides is 1. The Bertz CT molecular complexity index is 1180. The van der Waals surface area contributed by atoms with Gasteiger partial charge in [-0.05, 0) is 52.1 Å². The molecule has 33 heavy (non-hydrogen) atoms. The summed E-state index contributed by atoms with van der Waals surface area (Å²) < 4.78 is 43.4. The summed E-state index contributed by atoms with van der Waals surface area (Å²) in [6.07, 6.45) is -3.01. The topological polar surface area (TPSA) is 66.3 Å². The van der Waals surface area contributed by atoms with Gasteiger partial charge in [0.15, 0.2) is 5.65 Å². The van der Waals surface area contributed by atoms with Crippen LogP contribution in [-0.4, -0.2) is 58.8 Å². The molecule has 1 N–H and O–H groups in total. The van der Waals surface area contributed by atoms with Crippen LogP contribution in [0, 0.1) is 6.92 Å². The largest absolute Gasteiger partial charge is 0.418 e. The van der Waals surface area contributed by atoms with Gasteiger partial charge in [-0.2, -0.15) is 18.3 Å². The van der Waals surface area contributed by atoms with Crippen molar-refractivity contribution in [2.24, 2.45) is 0 Å². The van der Waals surface area contributed by atoms with E-state index >= 15 is 0 Å². The highest BCUT2D eigenvalue weighted by Gasteiger charge is 2.35. The molecule has 10 heteroatoms. The van der Waals surface area contributed by atoms with Gasteiger partial charge in [0.2, 0.25) is 0 Å². The number of rotatable bonds is 4. The van der Waals surface area contributed by atoms with Crippen molar-refractivity contribution >= 4 is 28.3 Å². The Labute approximate surface area is 190 Å². The Morgan fingerprint density at radius 1 is 1.12 bits per heavy atom. The Kier molecular flexibility index (Phi) is 6.04. The van der Waals surface area contributed by atoms with Crippen LogP contribution >= 0.6 is 0 Å². The second-order valence-electron chi connectivity index (χ2n) is 8.69. The van der Waals surface area contributed by atoms with E-state index in [0.717, 1.165) is 19.2 Å². The SMILES string of the molecule is Cc1nc2c(cnn2C(C)C)cc1C(=O)Nc1ccc(N2CCN(C)CC2)cc1C(F)(F)F. The minimum absolute atomic E-state index is 0.0854. The fourth-order valence-corrected chi connectivity index (χ4v) is 4.00. The second kappa shape index (κ2) is 8.66. The van der Waals surface area contributed by atoms with Crippen LogP contribution in [0.1, 0.15) is 41.5 Å². The summed E-state index contributed by atoms with van der Waals surface area (Å²) in [6, 6.07) is 5.76. The number of benzene rings is 1. The lowest BCUT2D eigenvalue weighted by Crippen LogP contribution is -2.44. The van der Waals surface area contributed by atoms with Crippen LogP contribution in [-0.2, 0) is 6.18 Å². The van der Waals surface area contributed by atoms with Gasteiger partial charge in [0.1, 0.15) is 0 Å². The molecule has 0 aliphatic carbocycles. The van der Waals surface area contributed by atoms with Gasteiger partial charge in [0, 0.05) is 43.3 Å². The number of carbonyl (C=O) groups is 1. The molecule has 1 aliphatic heterocycles. The van der Waals surface area contributed by atoms with Crippen molar-refractivity contribution < 1.29 is 18.0 Å². The van der Waals surface area contributed by atoms with Crippen molar-refractivity contribution in [3.8, 4) is 0 Å². The quantitative estimate of drug-likeness (QED) is 0.627. The number of aryl methyl sites for hydroxylation is 1. The number of pyridine rings is 1. The number of hydrogen-bond acceptors (Lipinski definition) is 5. The van der Waals surface area contributed by atoms with Crippen LogP contribution in [0.3, 0.4) is 0 Å². The van der Waals surface area contributed by atoms with Crippen molar-refractivity contribution in [3.63, 3.8) is 0 Å². The molecule has 0 spiro atoms. The van der Waals surface area contributed by atoms with Crippen LogP contribution in [0.25, 0.3) is 11.0 Å². The van der Waals surface area contributed by atoms with Gasteiger partial charge >= 0.3 is 6.18 Å². The predicted molar refractivity (Wildman–Crippen MR) is 122 cm³/mol. The minimum atomic E-state index is -4.61. The van der Waals surface area contributed by atoms with Gasteiger partial charge in [-0.1, -0.05) is 0 Å². The monoisotopic (exact) mass is 460 g/mol. The Balaban J connectivity index is 1.64. The molecule has 1 aliphatic rings. The molecule has 3 heterocycles. The molecular weight excluding hydrogens is 433 g/mol. The van der Waals surface area contributed by atoms with Gasteiger partial charge in [0.05, 0.1) is 28.7 Å². The number of nitrogens with zero attached hydrogens (tertiary/aromatic N) is 5. The van der Waals surface area contributed by atoms with Crippen molar-refractivity contribution in [3.05, 3.63) is 47.3 Å². The molecule has 176 valence electrons. The molecule has 3 aromatic rings. The van der Waals surface area contributed by atoms with Crippen LogP contribution in [0.5, 0.6) is 0 Å². The maximum Gasteiger partial charge on any atom is 0.418 e. The van der Waals surface area contributed by atoms with E-state index < -0.39 is 17.6 Å². The third-order valence-corrected chi connectivity index (χ3v) is 5.92. The molecule has 0 bridgehead atoms. The number of hydrogen-bond donors (Lipinski definition) is 1. The summed E-state index contributed by atoms with van der Waals surface area (Å²) in [4.78, 5) is 21.5. The number of alkyl halides is 3. The first kappa shape index (κ1) is 23.0. The van der Waals surface area contributed by atoms with E-state index in [2.05, 4.69) is 20.3 Å². The summed E-state index contributed by atoms with van der Waals surface area (Å²) >= 11 is 0. The number of likely N-dealkylation sites (N-methyl/N-ethyl adjacent to an activating group) is 1. The zero-order chi connectivity index (χ0) is 23.9. The summed E-state index contributed by atoms with van der Waals surface area (Å²) in [7, 11) is 1.99. The first-order valence-corrected chi connectivity index (χ1v) is 10.9. The van der Waals surface area contributed by atoms with Crippen LogP contribution in [0.4, 0.5) is 24.5 Å².